The van der Waals surface area contributed by atoms with Gasteiger partial charge in [0.15, 0.2) is 5.96 Å². The van der Waals surface area contributed by atoms with Gasteiger partial charge in [0.1, 0.15) is 5.82 Å². The van der Waals surface area contributed by atoms with Gasteiger partial charge >= 0.3 is 0 Å². The largest absolute Gasteiger partial charge is 0.357 e. The molecule has 0 aliphatic rings. The number of nitrogens with one attached hydrogen (secondary N) is 2. The van der Waals surface area contributed by atoms with Crippen LogP contribution in [0.1, 0.15) is 18.1 Å². The first kappa shape index (κ1) is 22.3. The number of guanidine groups is 1. The van der Waals surface area contributed by atoms with E-state index in [1.165, 1.54) is 11.0 Å². The second kappa shape index (κ2) is 12.5. The standard InChI is InChI=1S/C19H21FN4S.HI/c1-2-22-19(23-10-11-25-17-6-4-3-5-7-17)24-14-16-9-8-15(13-21)12-18(16)20;/h3-9,12H,2,10-11,14H2,1H3,(H2,22,23,24);1H. The average Bonchev–Trinajstić information content (AvgIpc) is 2.64. The summed E-state index contributed by atoms with van der Waals surface area (Å²) in [5.41, 5.74) is 0.781. The van der Waals surface area contributed by atoms with Gasteiger partial charge in [0, 0.05) is 29.3 Å². The SMILES string of the molecule is CCNC(=NCc1ccc(C#N)cc1F)NCCSc1ccccc1.I. The fraction of sp³-hybridized carbons (Fsp3) is 0.263. The number of thioether (sulfide) groups is 1. The molecular weight excluding hydrogens is 462 g/mol. The molecule has 0 aromatic heterocycles. The zero-order valence-electron chi connectivity index (χ0n) is 14.5. The monoisotopic (exact) mass is 484 g/mol. The molecule has 4 nitrogen and oxygen atoms in total. The minimum atomic E-state index is -0.404. The van der Waals surface area contributed by atoms with Crippen molar-refractivity contribution in [2.24, 2.45) is 4.99 Å². The number of aliphatic imine (C=N–C) groups is 1. The first-order chi connectivity index (χ1) is 12.2. The van der Waals surface area contributed by atoms with Crippen LogP contribution in [0.3, 0.4) is 0 Å². The highest BCUT2D eigenvalue weighted by Crippen LogP contribution is 2.15. The third-order valence-corrected chi connectivity index (χ3v) is 4.35. The number of halogens is 2. The summed E-state index contributed by atoms with van der Waals surface area (Å²) in [5.74, 6) is 1.15. The van der Waals surface area contributed by atoms with Gasteiger partial charge in [-0.2, -0.15) is 5.26 Å². The van der Waals surface area contributed by atoms with E-state index in [4.69, 9.17) is 5.26 Å². The Balaban J connectivity index is 0.00000338. The number of benzene rings is 2. The smallest absolute Gasteiger partial charge is 0.191 e. The molecule has 0 radical (unpaired) electrons. The van der Waals surface area contributed by atoms with E-state index in [2.05, 4.69) is 27.8 Å². The van der Waals surface area contributed by atoms with Crippen LogP contribution in [0.4, 0.5) is 4.39 Å². The Morgan fingerprint density at radius 3 is 2.62 bits per heavy atom. The molecule has 2 aromatic carbocycles. The average molecular weight is 484 g/mol. The van der Waals surface area contributed by atoms with Crippen molar-refractivity contribution in [3.05, 3.63) is 65.5 Å². The van der Waals surface area contributed by atoms with Crippen molar-refractivity contribution in [3.8, 4) is 6.07 Å². The van der Waals surface area contributed by atoms with Crippen molar-refractivity contribution >= 4 is 41.7 Å². The van der Waals surface area contributed by atoms with Crippen LogP contribution in [0.15, 0.2) is 58.4 Å². The molecule has 0 saturated heterocycles. The number of rotatable bonds is 7. The highest BCUT2D eigenvalue weighted by molar-refractivity contribution is 14.0. The molecule has 0 amide bonds. The Hall–Kier alpha value is -1.79. The molecule has 2 rings (SSSR count). The molecule has 0 heterocycles. The third kappa shape index (κ3) is 7.62. The fourth-order valence-electron chi connectivity index (χ4n) is 2.11. The Bertz CT molecular complexity index is 747. The minimum Gasteiger partial charge on any atom is -0.357 e. The van der Waals surface area contributed by atoms with E-state index in [1.54, 1.807) is 23.9 Å². The van der Waals surface area contributed by atoms with Gasteiger partial charge in [-0.25, -0.2) is 9.38 Å². The normalized spacial score (nSPS) is 10.6. The number of nitrogens with zero attached hydrogens (tertiary/aromatic N) is 2. The van der Waals surface area contributed by atoms with Gasteiger partial charge in [0.2, 0.25) is 0 Å². The maximum absolute atomic E-state index is 13.9. The predicted molar refractivity (Wildman–Crippen MR) is 117 cm³/mol. The van der Waals surface area contributed by atoms with Crippen LogP contribution in [-0.2, 0) is 6.54 Å². The molecule has 0 saturated carbocycles. The predicted octanol–water partition coefficient (Wildman–Crippen LogP) is 4.16. The van der Waals surface area contributed by atoms with E-state index in [-0.39, 0.29) is 30.5 Å². The van der Waals surface area contributed by atoms with Gasteiger partial charge in [0.25, 0.3) is 0 Å². The summed E-state index contributed by atoms with van der Waals surface area (Å²) < 4.78 is 13.9. The summed E-state index contributed by atoms with van der Waals surface area (Å²) in [6.07, 6.45) is 0. The Morgan fingerprint density at radius 1 is 1.19 bits per heavy atom. The molecule has 0 atom stereocenters. The van der Waals surface area contributed by atoms with Crippen molar-refractivity contribution in [2.75, 3.05) is 18.8 Å². The van der Waals surface area contributed by atoms with Crippen LogP contribution in [0.5, 0.6) is 0 Å². The highest BCUT2D eigenvalue weighted by atomic mass is 127. The lowest BCUT2D eigenvalue weighted by Crippen LogP contribution is -2.38. The van der Waals surface area contributed by atoms with Gasteiger partial charge in [-0.1, -0.05) is 24.3 Å². The molecule has 2 aromatic rings. The molecule has 0 fully saturated rings. The van der Waals surface area contributed by atoms with E-state index in [0.29, 0.717) is 17.1 Å². The Morgan fingerprint density at radius 2 is 1.96 bits per heavy atom. The van der Waals surface area contributed by atoms with Crippen molar-refractivity contribution in [3.63, 3.8) is 0 Å². The number of hydrogen-bond acceptors (Lipinski definition) is 3. The van der Waals surface area contributed by atoms with Crippen LogP contribution < -0.4 is 10.6 Å². The van der Waals surface area contributed by atoms with Crippen LogP contribution in [0, 0.1) is 17.1 Å². The zero-order chi connectivity index (χ0) is 17.9. The summed E-state index contributed by atoms with van der Waals surface area (Å²) in [6, 6.07) is 16.6. The van der Waals surface area contributed by atoms with E-state index >= 15 is 0 Å². The van der Waals surface area contributed by atoms with Crippen molar-refractivity contribution in [1.82, 2.24) is 10.6 Å². The summed E-state index contributed by atoms with van der Waals surface area (Å²) in [4.78, 5) is 5.63. The first-order valence-electron chi connectivity index (χ1n) is 8.11. The Labute approximate surface area is 175 Å². The van der Waals surface area contributed by atoms with Crippen LogP contribution in [0.2, 0.25) is 0 Å². The second-order valence-electron chi connectivity index (χ2n) is 5.20. The molecular formula is C19H22FIN4S. The van der Waals surface area contributed by atoms with Crippen molar-refractivity contribution in [2.45, 2.75) is 18.4 Å². The first-order valence-corrected chi connectivity index (χ1v) is 9.10. The lowest BCUT2D eigenvalue weighted by molar-refractivity contribution is 0.610. The van der Waals surface area contributed by atoms with Crippen LogP contribution >= 0.6 is 35.7 Å². The summed E-state index contributed by atoms with van der Waals surface area (Å²) in [6.45, 7) is 3.69. The van der Waals surface area contributed by atoms with Gasteiger partial charge in [-0.3, -0.25) is 0 Å². The number of hydrogen-bond donors (Lipinski definition) is 2. The van der Waals surface area contributed by atoms with Gasteiger partial charge in [0.05, 0.1) is 18.2 Å². The van der Waals surface area contributed by atoms with Gasteiger partial charge in [-0.05, 0) is 31.2 Å². The quantitative estimate of drug-likeness (QED) is 0.204. The third-order valence-electron chi connectivity index (χ3n) is 3.34. The lowest BCUT2D eigenvalue weighted by atomic mass is 10.1. The van der Waals surface area contributed by atoms with E-state index in [9.17, 15) is 4.39 Å². The molecule has 7 heteroatoms. The van der Waals surface area contributed by atoms with Crippen LogP contribution in [0.25, 0.3) is 0 Å². The second-order valence-corrected chi connectivity index (χ2v) is 6.37. The molecule has 138 valence electrons. The maximum atomic E-state index is 13.9. The molecule has 0 aliphatic carbocycles. The van der Waals surface area contributed by atoms with Gasteiger partial charge in [-0.15, -0.1) is 35.7 Å². The van der Waals surface area contributed by atoms with Gasteiger partial charge < -0.3 is 10.6 Å². The minimum absolute atomic E-state index is 0. The number of nitriles is 1. The van der Waals surface area contributed by atoms with Crippen LogP contribution in [-0.4, -0.2) is 24.8 Å². The molecule has 0 unspecified atom stereocenters. The van der Waals surface area contributed by atoms with E-state index < -0.39 is 5.82 Å². The zero-order valence-corrected chi connectivity index (χ0v) is 17.7. The maximum Gasteiger partial charge on any atom is 0.191 e. The van der Waals surface area contributed by atoms with Crippen molar-refractivity contribution in [1.29, 1.82) is 5.26 Å². The van der Waals surface area contributed by atoms with E-state index in [1.807, 2.05) is 31.2 Å². The van der Waals surface area contributed by atoms with Crippen molar-refractivity contribution < 1.29 is 4.39 Å². The highest BCUT2D eigenvalue weighted by Gasteiger charge is 2.04. The molecule has 0 spiro atoms. The summed E-state index contributed by atoms with van der Waals surface area (Å²) >= 11 is 1.77. The topological polar surface area (TPSA) is 60.2 Å². The molecule has 26 heavy (non-hydrogen) atoms. The molecule has 0 aliphatic heterocycles. The Kier molecular flexibility index (Phi) is 10.7. The lowest BCUT2D eigenvalue weighted by Gasteiger charge is -2.11. The van der Waals surface area contributed by atoms with E-state index in [0.717, 1.165) is 18.8 Å². The molecule has 0 bridgehead atoms. The summed E-state index contributed by atoms with van der Waals surface area (Å²) in [7, 11) is 0. The molecule has 2 N–H and O–H groups in total. The summed E-state index contributed by atoms with van der Waals surface area (Å²) in [5, 5.41) is 15.2. The fourth-order valence-corrected chi connectivity index (χ4v) is 2.90.